The minimum absolute atomic E-state index is 0.0444. The van der Waals surface area contributed by atoms with Crippen molar-refractivity contribution in [1.29, 1.82) is 0 Å². The Kier molecular flexibility index (Phi) is 6.16. The van der Waals surface area contributed by atoms with Crippen LogP contribution in [0.3, 0.4) is 0 Å². The SMILES string of the molecule is O=C(NCc1ccc(F)cc1)Nc1ccc2c(c1)CC(C(=O)NC1CCCC1)CO2. The van der Waals surface area contributed by atoms with Gasteiger partial charge >= 0.3 is 6.03 Å². The first kappa shape index (κ1) is 20.2. The van der Waals surface area contributed by atoms with Gasteiger partial charge in [0.2, 0.25) is 5.91 Å². The van der Waals surface area contributed by atoms with E-state index in [1.165, 1.54) is 25.0 Å². The molecule has 158 valence electrons. The molecule has 0 radical (unpaired) electrons. The Morgan fingerprint density at radius 3 is 2.60 bits per heavy atom. The Hall–Kier alpha value is -3.09. The molecule has 3 amide bonds. The van der Waals surface area contributed by atoms with Gasteiger partial charge in [0.1, 0.15) is 18.2 Å². The van der Waals surface area contributed by atoms with E-state index in [2.05, 4.69) is 16.0 Å². The fourth-order valence-corrected chi connectivity index (χ4v) is 3.99. The molecule has 1 fully saturated rings. The normalized spacial score (nSPS) is 18.2. The van der Waals surface area contributed by atoms with Crippen molar-refractivity contribution in [2.45, 2.75) is 44.7 Å². The highest BCUT2D eigenvalue weighted by Crippen LogP contribution is 2.30. The Morgan fingerprint density at radius 1 is 1.07 bits per heavy atom. The van der Waals surface area contributed by atoms with Crippen molar-refractivity contribution >= 4 is 17.6 Å². The van der Waals surface area contributed by atoms with Gasteiger partial charge in [-0.1, -0.05) is 25.0 Å². The first-order valence-corrected chi connectivity index (χ1v) is 10.4. The third kappa shape index (κ3) is 5.09. The number of rotatable bonds is 5. The van der Waals surface area contributed by atoms with Crippen LogP contribution in [-0.4, -0.2) is 24.6 Å². The summed E-state index contributed by atoms with van der Waals surface area (Å²) in [4.78, 5) is 24.8. The molecule has 1 aliphatic heterocycles. The maximum atomic E-state index is 13.0. The van der Waals surface area contributed by atoms with Crippen LogP contribution in [-0.2, 0) is 17.8 Å². The lowest BCUT2D eigenvalue weighted by molar-refractivity contribution is -0.127. The molecular formula is C23H26FN3O3. The molecule has 3 N–H and O–H groups in total. The Labute approximate surface area is 175 Å². The number of carbonyl (C=O) groups excluding carboxylic acids is 2. The summed E-state index contributed by atoms with van der Waals surface area (Å²) in [5.74, 6) is 0.260. The number of halogens is 1. The quantitative estimate of drug-likeness (QED) is 0.701. The van der Waals surface area contributed by atoms with Crippen molar-refractivity contribution in [3.8, 4) is 5.75 Å². The molecule has 0 aromatic heterocycles. The van der Waals surface area contributed by atoms with Crippen LogP contribution in [0, 0.1) is 11.7 Å². The second kappa shape index (κ2) is 9.15. The highest BCUT2D eigenvalue weighted by Gasteiger charge is 2.28. The summed E-state index contributed by atoms with van der Waals surface area (Å²) in [6.45, 7) is 0.667. The monoisotopic (exact) mass is 411 g/mol. The molecule has 0 bridgehead atoms. The zero-order valence-electron chi connectivity index (χ0n) is 16.7. The van der Waals surface area contributed by atoms with Crippen LogP contribution in [0.5, 0.6) is 5.75 Å². The smallest absolute Gasteiger partial charge is 0.319 e. The van der Waals surface area contributed by atoms with Gasteiger partial charge in [0, 0.05) is 18.3 Å². The number of hydrogen-bond donors (Lipinski definition) is 3. The molecule has 1 saturated carbocycles. The number of nitrogens with one attached hydrogen (secondary N) is 3. The van der Waals surface area contributed by atoms with E-state index >= 15 is 0 Å². The molecule has 1 atom stereocenters. The van der Waals surface area contributed by atoms with E-state index in [4.69, 9.17) is 4.74 Å². The highest BCUT2D eigenvalue weighted by atomic mass is 19.1. The lowest BCUT2D eigenvalue weighted by atomic mass is 9.95. The molecule has 4 rings (SSSR count). The topological polar surface area (TPSA) is 79.5 Å². The predicted octanol–water partition coefficient (Wildman–Crippen LogP) is 3.76. The van der Waals surface area contributed by atoms with Gasteiger partial charge in [-0.3, -0.25) is 4.79 Å². The number of fused-ring (bicyclic) bond motifs is 1. The van der Waals surface area contributed by atoms with E-state index < -0.39 is 0 Å². The molecule has 2 aromatic carbocycles. The summed E-state index contributed by atoms with van der Waals surface area (Å²) >= 11 is 0. The van der Waals surface area contributed by atoms with Crippen LogP contribution in [0.1, 0.15) is 36.8 Å². The van der Waals surface area contributed by atoms with E-state index in [0.717, 1.165) is 29.7 Å². The first-order valence-electron chi connectivity index (χ1n) is 10.4. The number of ether oxygens (including phenoxy) is 1. The second-order valence-corrected chi connectivity index (χ2v) is 7.96. The Balaban J connectivity index is 1.32. The molecule has 0 saturated heterocycles. The number of anilines is 1. The summed E-state index contributed by atoms with van der Waals surface area (Å²) in [6.07, 6.45) is 5.04. The average Bonchev–Trinajstić information content (AvgIpc) is 3.26. The fraction of sp³-hybridized carbons (Fsp3) is 0.391. The van der Waals surface area contributed by atoms with Crippen molar-refractivity contribution in [1.82, 2.24) is 10.6 Å². The molecule has 0 spiro atoms. The Morgan fingerprint density at radius 2 is 1.83 bits per heavy atom. The van der Waals surface area contributed by atoms with E-state index in [1.54, 1.807) is 18.2 Å². The van der Waals surface area contributed by atoms with Gasteiger partial charge in [0.15, 0.2) is 0 Å². The van der Waals surface area contributed by atoms with Crippen molar-refractivity contribution < 1.29 is 18.7 Å². The second-order valence-electron chi connectivity index (χ2n) is 7.96. The van der Waals surface area contributed by atoms with Crippen molar-refractivity contribution in [2.24, 2.45) is 5.92 Å². The summed E-state index contributed by atoms with van der Waals surface area (Å²) in [5, 5.41) is 8.68. The number of urea groups is 1. The minimum atomic E-state index is -0.355. The minimum Gasteiger partial charge on any atom is -0.492 e. The average molecular weight is 411 g/mol. The predicted molar refractivity (Wildman–Crippen MR) is 112 cm³/mol. The summed E-state index contributed by atoms with van der Waals surface area (Å²) < 4.78 is 18.7. The van der Waals surface area contributed by atoms with Crippen LogP contribution >= 0.6 is 0 Å². The summed E-state index contributed by atoms with van der Waals surface area (Å²) in [7, 11) is 0. The van der Waals surface area contributed by atoms with Crippen molar-refractivity contribution in [3.05, 3.63) is 59.4 Å². The van der Waals surface area contributed by atoms with Crippen LogP contribution in [0.4, 0.5) is 14.9 Å². The van der Waals surface area contributed by atoms with Crippen molar-refractivity contribution in [2.75, 3.05) is 11.9 Å². The molecule has 1 aliphatic carbocycles. The number of hydrogen-bond acceptors (Lipinski definition) is 3. The zero-order valence-corrected chi connectivity index (χ0v) is 16.7. The fourth-order valence-electron chi connectivity index (χ4n) is 3.99. The summed E-state index contributed by atoms with van der Waals surface area (Å²) in [5.41, 5.74) is 2.34. The van der Waals surface area contributed by atoms with Crippen LogP contribution in [0.15, 0.2) is 42.5 Å². The highest BCUT2D eigenvalue weighted by molar-refractivity contribution is 5.89. The maximum Gasteiger partial charge on any atom is 0.319 e. The van der Waals surface area contributed by atoms with E-state index in [-0.39, 0.29) is 29.7 Å². The zero-order chi connectivity index (χ0) is 20.9. The molecule has 30 heavy (non-hydrogen) atoms. The van der Waals surface area contributed by atoms with Gasteiger partial charge < -0.3 is 20.7 Å². The van der Waals surface area contributed by atoms with E-state index in [0.29, 0.717) is 25.3 Å². The lowest BCUT2D eigenvalue weighted by Crippen LogP contribution is -2.41. The molecule has 7 heteroatoms. The number of amides is 3. The molecule has 2 aliphatic rings. The molecule has 1 unspecified atom stereocenters. The largest absolute Gasteiger partial charge is 0.492 e. The van der Waals surface area contributed by atoms with Gasteiger partial charge in [-0.25, -0.2) is 9.18 Å². The molecule has 6 nitrogen and oxygen atoms in total. The summed E-state index contributed by atoms with van der Waals surface area (Å²) in [6, 6.07) is 11.3. The maximum absolute atomic E-state index is 13.0. The number of carbonyl (C=O) groups is 2. The first-order chi connectivity index (χ1) is 14.6. The van der Waals surface area contributed by atoms with Crippen LogP contribution in [0.25, 0.3) is 0 Å². The van der Waals surface area contributed by atoms with Crippen LogP contribution < -0.4 is 20.7 Å². The van der Waals surface area contributed by atoms with Gasteiger partial charge in [0.05, 0.1) is 5.92 Å². The standard InChI is InChI=1S/C23H26FN3O3/c24-18-7-5-15(6-8-18)13-25-23(29)27-20-9-10-21-16(12-20)11-17(14-30-21)22(28)26-19-3-1-2-4-19/h5-10,12,17,19H,1-4,11,13-14H2,(H,26,28)(H2,25,27,29). The molecule has 2 aromatic rings. The van der Waals surface area contributed by atoms with E-state index in [9.17, 15) is 14.0 Å². The van der Waals surface area contributed by atoms with Crippen LogP contribution in [0.2, 0.25) is 0 Å². The molecule has 1 heterocycles. The lowest BCUT2D eigenvalue weighted by Gasteiger charge is -2.26. The Bertz CT molecular complexity index is 910. The van der Waals surface area contributed by atoms with Gasteiger partial charge in [-0.05, 0) is 60.7 Å². The van der Waals surface area contributed by atoms with Gasteiger partial charge in [-0.2, -0.15) is 0 Å². The van der Waals surface area contributed by atoms with Crippen molar-refractivity contribution in [3.63, 3.8) is 0 Å². The number of benzene rings is 2. The van der Waals surface area contributed by atoms with E-state index in [1.807, 2.05) is 12.1 Å². The third-order valence-electron chi connectivity index (χ3n) is 5.66. The third-order valence-corrected chi connectivity index (χ3v) is 5.66. The molecular weight excluding hydrogens is 385 g/mol. The van der Waals surface area contributed by atoms with Gasteiger partial charge in [0.25, 0.3) is 0 Å². The van der Waals surface area contributed by atoms with Gasteiger partial charge in [-0.15, -0.1) is 0 Å².